The number of hydrogen-bond donors (Lipinski definition) is 3. The highest BCUT2D eigenvalue weighted by atomic mass is 32.2. The number of sulfonamides is 1. The highest BCUT2D eigenvalue weighted by Gasteiger charge is 2.20. The van der Waals surface area contributed by atoms with Crippen LogP contribution < -0.4 is 10.0 Å². The number of nitrogens with one attached hydrogen (secondary N) is 2. The summed E-state index contributed by atoms with van der Waals surface area (Å²) < 4.78 is 53.6. The summed E-state index contributed by atoms with van der Waals surface area (Å²) in [6, 6.07) is 3.27. The van der Waals surface area contributed by atoms with Crippen LogP contribution in [0.15, 0.2) is 18.2 Å². The Balaban J connectivity index is 2.36. The zero-order valence-corrected chi connectivity index (χ0v) is 18.2. The molecular weight excluding hydrogens is 416 g/mol. The largest absolute Gasteiger partial charge is 0.394 e. The fourth-order valence-corrected chi connectivity index (χ4v) is 3.50. The summed E-state index contributed by atoms with van der Waals surface area (Å²) in [6.45, 7) is 5.43. The van der Waals surface area contributed by atoms with E-state index in [0.717, 1.165) is 6.26 Å². The van der Waals surface area contributed by atoms with Gasteiger partial charge in [0.2, 0.25) is 21.9 Å². The molecule has 0 saturated heterocycles. The molecule has 0 unspecified atom stereocenters. The second-order valence-corrected chi connectivity index (χ2v) is 9.42. The van der Waals surface area contributed by atoms with Gasteiger partial charge in [0.05, 0.1) is 18.9 Å². The smallest absolute Gasteiger partial charge is 0.241 e. The van der Waals surface area contributed by atoms with Gasteiger partial charge >= 0.3 is 0 Å². The van der Waals surface area contributed by atoms with E-state index in [1.807, 2.05) is 13.8 Å². The van der Waals surface area contributed by atoms with Gasteiger partial charge in [-0.2, -0.15) is 15.0 Å². The number of halogens is 2. The minimum atomic E-state index is -3.66. The molecule has 1 aromatic carbocycles. The lowest BCUT2D eigenvalue weighted by Gasteiger charge is -2.19. The molecule has 0 aliphatic rings. The van der Waals surface area contributed by atoms with Crippen molar-refractivity contribution in [2.45, 2.75) is 45.6 Å². The van der Waals surface area contributed by atoms with Crippen LogP contribution in [-0.2, 0) is 16.4 Å². The topological polar surface area (TPSA) is 117 Å². The van der Waals surface area contributed by atoms with Crippen LogP contribution in [-0.4, -0.2) is 47.4 Å². The molecule has 0 spiro atoms. The molecule has 0 saturated carbocycles. The van der Waals surface area contributed by atoms with Crippen LogP contribution in [0, 0.1) is 17.6 Å². The Morgan fingerprint density at radius 1 is 1.07 bits per heavy atom. The Kier molecular flexibility index (Phi) is 8.02. The third-order valence-electron chi connectivity index (χ3n) is 4.25. The Hall–Kier alpha value is -2.40. The van der Waals surface area contributed by atoms with E-state index in [2.05, 4.69) is 25.0 Å². The lowest BCUT2D eigenvalue weighted by atomic mass is 9.96. The maximum absolute atomic E-state index is 14.1. The molecule has 0 radical (unpaired) electrons. The number of aliphatic hydroxyl groups excluding tert-OH is 1. The molecule has 11 heteroatoms. The van der Waals surface area contributed by atoms with Crippen molar-refractivity contribution in [3.8, 4) is 0 Å². The lowest BCUT2D eigenvalue weighted by molar-refractivity contribution is 0.259. The van der Waals surface area contributed by atoms with Gasteiger partial charge in [-0.3, -0.25) is 4.72 Å². The monoisotopic (exact) mass is 443 g/mol. The minimum absolute atomic E-state index is 0.0431. The van der Waals surface area contributed by atoms with Gasteiger partial charge in [0.15, 0.2) is 0 Å². The van der Waals surface area contributed by atoms with Gasteiger partial charge in [0, 0.05) is 12.0 Å². The molecule has 0 amide bonds. The standard InChI is InChI=1S/C19H27F2N5O3S/c1-11(2)8-13(10-27)22-18-23-16(24-19(25-18)26-30(4,28)29)9-12(3)17-14(20)6-5-7-15(17)21/h5-7,11-13,27H,8-10H2,1-4H3,(H2,22,23,24,25,26)/t12-,13+/m0/s1. The van der Waals surface area contributed by atoms with Crippen molar-refractivity contribution in [3.05, 3.63) is 41.2 Å². The SMILES string of the molecule is CC(C)C[C@H](CO)Nc1nc(C[C@H](C)c2c(F)cccc2F)nc(NS(C)(=O)=O)n1. The predicted octanol–water partition coefficient (Wildman–Crippen LogP) is 2.69. The third kappa shape index (κ3) is 7.13. The van der Waals surface area contributed by atoms with Gasteiger partial charge in [0.1, 0.15) is 17.5 Å². The van der Waals surface area contributed by atoms with E-state index in [0.29, 0.717) is 6.42 Å². The van der Waals surface area contributed by atoms with Crippen LogP contribution in [0.1, 0.15) is 44.5 Å². The molecule has 1 heterocycles. The molecule has 2 aromatic rings. The third-order valence-corrected chi connectivity index (χ3v) is 4.80. The Morgan fingerprint density at radius 3 is 2.20 bits per heavy atom. The first-order valence-electron chi connectivity index (χ1n) is 9.52. The van der Waals surface area contributed by atoms with Gasteiger partial charge in [0.25, 0.3) is 0 Å². The number of nitrogens with zero attached hydrogens (tertiary/aromatic N) is 3. The molecule has 8 nitrogen and oxygen atoms in total. The molecule has 30 heavy (non-hydrogen) atoms. The van der Waals surface area contributed by atoms with Crippen LogP contribution in [0.25, 0.3) is 0 Å². The van der Waals surface area contributed by atoms with Crippen LogP contribution in [0.3, 0.4) is 0 Å². The lowest BCUT2D eigenvalue weighted by Crippen LogP contribution is -2.27. The van der Waals surface area contributed by atoms with E-state index in [1.165, 1.54) is 18.2 Å². The summed E-state index contributed by atoms with van der Waals surface area (Å²) >= 11 is 0. The van der Waals surface area contributed by atoms with E-state index in [4.69, 9.17) is 0 Å². The summed E-state index contributed by atoms with van der Waals surface area (Å²) in [5.41, 5.74) is -0.0990. The van der Waals surface area contributed by atoms with Gasteiger partial charge in [-0.1, -0.05) is 26.8 Å². The number of rotatable bonds is 10. The molecular formula is C19H27F2N5O3S. The molecule has 0 aliphatic heterocycles. The van der Waals surface area contributed by atoms with Gasteiger partial charge in [-0.05, 0) is 30.4 Å². The summed E-state index contributed by atoms with van der Waals surface area (Å²) in [7, 11) is -3.66. The normalized spacial score (nSPS) is 13.9. The zero-order chi connectivity index (χ0) is 22.5. The summed E-state index contributed by atoms with van der Waals surface area (Å²) in [5.74, 6) is -1.69. The van der Waals surface area contributed by atoms with Gasteiger partial charge < -0.3 is 10.4 Å². The highest BCUT2D eigenvalue weighted by Crippen LogP contribution is 2.25. The number of aromatic nitrogens is 3. The van der Waals surface area contributed by atoms with Crippen LogP contribution >= 0.6 is 0 Å². The van der Waals surface area contributed by atoms with Crippen molar-refractivity contribution in [3.63, 3.8) is 0 Å². The van der Waals surface area contributed by atoms with Gasteiger partial charge in [-0.15, -0.1) is 0 Å². The average molecular weight is 444 g/mol. The van der Waals surface area contributed by atoms with Crippen molar-refractivity contribution >= 4 is 21.9 Å². The predicted molar refractivity (Wildman–Crippen MR) is 111 cm³/mol. The van der Waals surface area contributed by atoms with E-state index in [9.17, 15) is 22.3 Å². The first-order valence-corrected chi connectivity index (χ1v) is 11.4. The first-order chi connectivity index (χ1) is 14.0. The van der Waals surface area contributed by atoms with Crippen molar-refractivity contribution < 1.29 is 22.3 Å². The van der Waals surface area contributed by atoms with Crippen LogP contribution in [0.4, 0.5) is 20.7 Å². The second-order valence-electron chi connectivity index (χ2n) is 7.67. The molecule has 1 aromatic heterocycles. The average Bonchev–Trinajstić information content (AvgIpc) is 2.58. The quantitative estimate of drug-likeness (QED) is 0.517. The Morgan fingerprint density at radius 2 is 1.67 bits per heavy atom. The molecule has 2 atom stereocenters. The van der Waals surface area contributed by atoms with Crippen LogP contribution in [0.5, 0.6) is 0 Å². The summed E-state index contributed by atoms with van der Waals surface area (Å²) in [5, 5.41) is 12.6. The van der Waals surface area contributed by atoms with Crippen molar-refractivity contribution in [2.75, 3.05) is 22.9 Å². The second kappa shape index (κ2) is 10.1. The fraction of sp³-hybridized carbons (Fsp3) is 0.526. The number of aliphatic hydroxyl groups is 1. The maximum atomic E-state index is 14.1. The molecule has 0 fully saturated rings. The Bertz CT molecular complexity index is 952. The molecule has 0 aliphatic carbocycles. The zero-order valence-electron chi connectivity index (χ0n) is 17.4. The van der Waals surface area contributed by atoms with Crippen molar-refractivity contribution in [2.24, 2.45) is 5.92 Å². The summed E-state index contributed by atoms with van der Waals surface area (Å²) in [6.07, 6.45) is 1.63. The Labute approximate surface area is 175 Å². The van der Waals surface area contributed by atoms with E-state index >= 15 is 0 Å². The van der Waals surface area contributed by atoms with Gasteiger partial charge in [-0.25, -0.2) is 17.2 Å². The van der Waals surface area contributed by atoms with Crippen molar-refractivity contribution in [1.82, 2.24) is 15.0 Å². The highest BCUT2D eigenvalue weighted by molar-refractivity contribution is 7.91. The number of benzene rings is 1. The number of hydrogen-bond acceptors (Lipinski definition) is 7. The number of anilines is 2. The van der Waals surface area contributed by atoms with E-state index in [1.54, 1.807) is 6.92 Å². The fourth-order valence-electron chi connectivity index (χ4n) is 3.08. The molecule has 2 rings (SSSR count). The van der Waals surface area contributed by atoms with E-state index < -0.39 is 27.6 Å². The van der Waals surface area contributed by atoms with E-state index in [-0.39, 0.29) is 48.3 Å². The molecule has 0 bridgehead atoms. The molecule has 3 N–H and O–H groups in total. The first kappa shape index (κ1) is 23.9. The maximum Gasteiger partial charge on any atom is 0.241 e. The summed E-state index contributed by atoms with van der Waals surface area (Å²) in [4.78, 5) is 12.4. The van der Waals surface area contributed by atoms with Crippen molar-refractivity contribution in [1.29, 1.82) is 0 Å². The van der Waals surface area contributed by atoms with Crippen LogP contribution in [0.2, 0.25) is 0 Å². The molecule has 166 valence electrons. The minimum Gasteiger partial charge on any atom is -0.394 e.